The fraction of sp³-hybridized carbons (Fsp3) is 0.409. The van der Waals surface area contributed by atoms with Gasteiger partial charge in [0.2, 0.25) is 0 Å². The van der Waals surface area contributed by atoms with Crippen molar-refractivity contribution in [2.45, 2.75) is 110 Å². The van der Waals surface area contributed by atoms with Gasteiger partial charge in [-0.15, -0.1) is 0 Å². The van der Waals surface area contributed by atoms with Gasteiger partial charge in [-0.3, -0.25) is 9.80 Å². The van der Waals surface area contributed by atoms with E-state index in [0.717, 1.165) is 92.1 Å². The van der Waals surface area contributed by atoms with Crippen molar-refractivity contribution in [3.63, 3.8) is 0 Å². The first kappa shape index (κ1) is 34.2. The summed E-state index contributed by atoms with van der Waals surface area (Å²) in [6.45, 7) is 13.5. The third-order valence-corrected chi connectivity index (χ3v) is 10.9. The highest BCUT2D eigenvalue weighted by atomic mass is 16.6. The van der Waals surface area contributed by atoms with Crippen molar-refractivity contribution in [3.8, 4) is 11.8 Å². The molecule has 3 aliphatic rings. The fourth-order valence-corrected chi connectivity index (χ4v) is 8.41. The standard InChI is InChI=1S/C44H46N6O4/c1-24-8-19-34(49(24)41(51)53-43(2,3)4)39-45-32-17-13-27-20-25(11-15-30(27)37(32)47-39)9-10-26-12-16-31-28(21-26)14-18-33-38(31)48-40(46-33)36-23-29-22-35(29)50(36)42(52)54-44(5,6)7/h11-18,20-21,24,29,34-36H,8,19,22-23H2,1-7H3,(H,45,47)(H,46,48)/t24?,29?,34-,35?,36-/m0/s1. The lowest BCUT2D eigenvalue weighted by molar-refractivity contribution is 0.0147. The van der Waals surface area contributed by atoms with E-state index in [1.807, 2.05) is 63.5 Å². The summed E-state index contributed by atoms with van der Waals surface area (Å²) >= 11 is 0. The van der Waals surface area contributed by atoms with Gasteiger partial charge < -0.3 is 19.4 Å². The fourth-order valence-electron chi connectivity index (χ4n) is 8.41. The van der Waals surface area contributed by atoms with Crippen molar-refractivity contribution in [1.29, 1.82) is 0 Å². The number of amides is 2. The second-order valence-electron chi connectivity index (χ2n) is 17.3. The molecule has 0 radical (unpaired) electrons. The van der Waals surface area contributed by atoms with E-state index in [1.165, 1.54) is 0 Å². The molecular formula is C44H46N6O4. The molecule has 4 aromatic carbocycles. The number of hydrogen-bond donors (Lipinski definition) is 2. The Morgan fingerprint density at radius 1 is 0.685 bits per heavy atom. The highest BCUT2D eigenvalue weighted by Gasteiger charge is 2.56. The van der Waals surface area contributed by atoms with Gasteiger partial charge in [0.1, 0.15) is 22.9 Å². The number of fused-ring (bicyclic) bond motifs is 7. The summed E-state index contributed by atoms with van der Waals surface area (Å²) in [5.74, 6) is 8.85. The van der Waals surface area contributed by atoms with E-state index in [1.54, 1.807) is 0 Å². The first-order valence-corrected chi connectivity index (χ1v) is 19.1. The number of carbonyl (C=O) groups is 2. The molecular weight excluding hydrogens is 677 g/mol. The zero-order valence-corrected chi connectivity index (χ0v) is 31.9. The third kappa shape index (κ3) is 6.19. The van der Waals surface area contributed by atoms with Crippen LogP contribution in [0.4, 0.5) is 9.59 Å². The van der Waals surface area contributed by atoms with Crippen LogP contribution in [0.1, 0.15) is 109 Å². The first-order chi connectivity index (χ1) is 25.7. The van der Waals surface area contributed by atoms with Gasteiger partial charge in [0.05, 0.1) is 34.2 Å². The van der Waals surface area contributed by atoms with Crippen LogP contribution in [0.15, 0.2) is 60.7 Å². The van der Waals surface area contributed by atoms with Crippen LogP contribution in [-0.2, 0) is 9.47 Å². The van der Waals surface area contributed by atoms with Crippen LogP contribution in [0.5, 0.6) is 0 Å². The van der Waals surface area contributed by atoms with Gasteiger partial charge in [0.15, 0.2) is 0 Å². The maximum absolute atomic E-state index is 13.2. The van der Waals surface area contributed by atoms with E-state index in [0.29, 0.717) is 5.92 Å². The zero-order chi connectivity index (χ0) is 37.7. The number of likely N-dealkylation sites (tertiary alicyclic amines) is 2. The Morgan fingerprint density at radius 3 is 1.74 bits per heavy atom. The normalized spacial score (nSPS) is 22.5. The molecule has 2 amide bonds. The number of imidazole rings is 2. The van der Waals surface area contributed by atoms with Gasteiger partial charge >= 0.3 is 12.2 Å². The van der Waals surface area contributed by atoms with E-state index in [4.69, 9.17) is 19.4 Å². The second-order valence-corrected chi connectivity index (χ2v) is 17.3. The van der Waals surface area contributed by atoms with E-state index in [-0.39, 0.29) is 36.4 Å². The van der Waals surface area contributed by atoms with E-state index >= 15 is 0 Å². The number of nitrogens with zero attached hydrogens (tertiary/aromatic N) is 4. The minimum absolute atomic E-state index is 0.0726. The lowest BCUT2D eigenvalue weighted by atomic mass is 10.0. The molecule has 1 saturated carbocycles. The molecule has 4 heterocycles. The lowest BCUT2D eigenvalue weighted by Gasteiger charge is -2.30. The van der Waals surface area contributed by atoms with E-state index in [9.17, 15) is 9.59 Å². The first-order valence-electron chi connectivity index (χ1n) is 19.1. The molecule has 1 aliphatic carbocycles. The number of aromatic amines is 2. The predicted molar refractivity (Wildman–Crippen MR) is 210 cm³/mol. The smallest absolute Gasteiger partial charge is 0.411 e. The number of H-pyrrole nitrogens is 2. The Balaban J connectivity index is 0.960. The molecule has 3 unspecified atom stereocenters. The van der Waals surface area contributed by atoms with Crippen LogP contribution < -0.4 is 0 Å². The average molecular weight is 723 g/mol. The number of rotatable bonds is 2. The molecule has 0 spiro atoms. The van der Waals surface area contributed by atoms with Crippen LogP contribution in [0, 0.1) is 17.8 Å². The van der Waals surface area contributed by atoms with Gasteiger partial charge in [-0.25, -0.2) is 19.6 Å². The van der Waals surface area contributed by atoms with Crippen LogP contribution in [0.25, 0.3) is 43.6 Å². The highest BCUT2D eigenvalue weighted by Crippen LogP contribution is 2.53. The number of benzene rings is 4. The van der Waals surface area contributed by atoms with Gasteiger partial charge in [0.25, 0.3) is 0 Å². The van der Waals surface area contributed by atoms with Crippen molar-refractivity contribution in [1.82, 2.24) is 29.7 Å². The minimum atomic E-state index is -0.565. The molecule has 2 aromatic heterocycles. The number of nitrogens with one attached hydrogen (secondary N) is 2. The number of ether oxygens (including phenoxy) is 2. The van der Waals surface area contributed by atoms with Gasteiger partial charge in [0, 0.05) is 34.0 Å². The molecule has 10 heteroatoms. The Labute approximate surface area is 314 Å². The van der Waals surface area contributed by atoms with Gasteiger partial charge in [-0.1, -0.05) is 36.1 Å². The summed E-state index contributed by atoms with van der Waals surface area (Å²) < 4.78 is 11.5. The largest absolute Gasteiger partial charge is 0.444 e. The van der Waals surface area contributed by atoms with Crippen molar-refractivity contribution >= 4 is 55.8 Å². The Kier molecular flexibility index (Phi) is 7.76. The highest BCUT2D eigenvalue weighted by molar-refractivity contribution is 6.05. The summed E-state index contributed by atoms with van der Waals surface area (Å²) in [4.78, 5) is 47.2. The molecule has 10 nitrogen and oxygen atoms in total. The summed E-state index contributed by atoms with van der Waals surface area (Å²) in [6, 6.07) is 20.8. The SMILES string of the molecule is CC1CC[C@@H](c2nc3c(ccc4cc(C#Cc5ccc6c(ccc7[nH]c([C@@H]8CC9CC9N8C(=O)OC(C)(C)C)nc76)c5)ccc43)[nH]2)N1C(=O)OC(C)(C)C. The average Bonchev–Trinajstić information content (AvgIpc) is 3.52. The van der Waals surface area contributed by atoms with Crippen LogP contribution in [0.3, 0.4) is 0 Å². The van der Waals surface area contributed by atoms with Crippen molar-refractivity contribution in [2.24, 2.45) is 5.92 Å². The third-order valence-electron chi connectivity index (χ3n) is 10.9. The van der Waals surface area contributed by atoms with Gasteiger partial charge in [-0.2, -0.15) is 0 Å². The van der Waals surface area contributed by atoms with Crippen LogP contribution in [-0.4, -0.2) is 65.2 Å². The van der Waals surface area contributed by atoms with E-state index in [2.05, 4.69) is 77.3 Å². The molecule has 5 atom stereocenters. The summed E-state index contributed by atoms with van der Waals surface area (Å²) in [7, 11) is 0. The maximum Gasteiger partial charge on any atom is 0.411 e. The molecule has 2 saturated heterocycles. The van der Waals surface area contributed by atoms with Gasteiger partial charge in [-0.05, 0) is 127 Å². The minimum Gasteiger partial charge on any atom is -0.444 e. The summed E-state index contributed by atoms with van der Waals surface area (Å²) in [5.41, 5.74) is 4.39. The van der Waals surface area contributed by atoms with Crippen molar-refractivity contribution < 1.29 is 19.1 Å². The van der Waals surface area contributed by atoms with Crippen molar-refractivity contribution in [3.05, 3.63) is 83.4 Å². The lowest BCUT2D eigenvalue weighted by Crippen LogP contribution is -2.40. The number of piperidine rings is 1. The Bertz CT molecular complexity index is 2400. The number of carbonyl (C=O) groups excluding carboxylic acids is 2. The molecule has 2 N–H and O–H groups in total. The number of hydrogen-bond acceptors (Lipinski definition) is 6. The molecule has 9 rings (SSSR count). The zero-order valence-electron chi connectivity index (χ0n) is 31.9. The maximum atomic E-state index is 13.2. The quantitative estimate of drug-likeness (QED) is 0.172. The summed E-state index contributed by atoms with van der Waals surface area (Å²) in [5, 5.41) is 4.19. The molecule has 276 valence electrons. The molecule has 0 bridgehead atoms. The molecule has 3 fully saturated rings. The molecule has 54 heavy (non-hydrogen) atoms. The van der Waals surface area contributed by atoms with Crippen LogP contribution in [0.2, 0.25) is 0 Å². The second kappa shape index (κ2) is 12.2. The Hall–Kier alpha value is -5.56. The Morgan fingerprint density at radius 2 is 1.20 bits per heavy atom. The topological polar surface area (TPSA) is 116 Å². The number of aromatic nitrogens is 4. The monoisotopic (exact) mass is 722 g/mol. The summed E-state index contributed by atoms with van der Waals surface area (Å²) in [6.07, 6.45) is 3.10. The molecule has 6 aromatic rings. The predicted octanol–water partition coefficient (Wildman–Crippen LogP) is 9.68. The van der Waals surface area contributed by atoms with Crippen molar-refractivity contribution in [2.75, 3.05) is 0 Å². The molecule has 2 aliphatic heterocycles. The van der Waals surface area contributed by atoms with E-state index < -0.39 is 11.2 Å². The van der Waals surface area contributed by atoms with Crippen LogP contribution >= 0.6 is 0 Å².